The lowest BCUT2D eigenvalue weighted by atomic mass is 10.2. The second-order valence-corrected chi connectivity index (χ2v) is 2.80. The summed E-state index contributed by atoms with van der Waals surface area (Å²) in [4.78, 5) is 10.9. The first-order chi connectivity index (χ1) is 5.24. The van der Waals surface area contributed by atoms with Gasteiger partial charge in [0.25, 0.3) is 0 Å². The minimum absolute atomic E-state index is 0.158. The molecule has 1 aliphatic heterocycles. The largest absolute Gasteiger partial charge is 0.464 e. The molecule has 0 aromatic heterocycles. The maximum absolute atomic E-state index is 10.9. The van der Waals surface area contributed by atoms with Crippen LogP contribution in [0.3, 0.4) is 0 Å². The van der Waals surface area contributed by atoms with Crippen molar-refractivity contribution in [1.29, 1.82) is 0 Å². The lowest BCUT2D eigenvalue weighted by Crippen LogP contribution is -2.23. The maximum Gasteiger partial charge on any atom is 0.335 e. The normalized spacial score (nSPS) is 26.7. The minimum Gasteiger partial charge on any atom is -0.464 e. The Balaban J connectivity index is 2.30. The minimum atomic E-state index is -0.301. The Bertz CT molecular complexity index is 144. The van der Waals surface area contributed by atoms with Gasteiger partial charge in [0.15, 0.2) is 6.10 Å². The van der Waals surface area contributed by atoms with E-state index >= 15 is 0 Å². The smallest absolute Gasteiger partial charge is 0.335 e. The fourth-order valence-electron chi connectivity index (χ4n) is 0.978. The maximum atomic E-state index is 10.9. The van der Waals surface area contributed by atoms with Crippen molar-refractivity contribution in [3.8, 4) is 0 Å². The van der Waals surface area contributed by atoms with E-state index in [0.717, 1.165) is 6.42 Å². The van der Waals surface area contributed by atoms with E-state index in [4.69, 9.17) is 9.47 Å². The molecule has 2 unspecified atom stereocenters. The predicted octanol–water partition coefficient (Wildman–Crippen LogP) is 1.12. The summed E-state index contributed by atoms with van der Waals surface area (Å²) in [7, 11) is 0. The molecule has 1 heterocycles. The fraction of sp³-hybridized carbons (Fsp3) is 0.875. The van der Waals surface area contributed by atoms with Gasteiger partial charge in [0, 0.05) is 6.42 Å². The van der Waals surface area contributed by atoms with Crippen LogP contribution in [0, 0.1) is 0 Å². The Hall–Kier alpha value is -0.570. The second kappa shape index (κ2) is 3.72. The molecule has 3 nitrogen and oxygen atoms in total. The summed E-state index contributed by atoms with van der Waals surface area (Å²) >= 11 is 0. The lowest BCUT2D eigenvalue weighted by Gasteiger charge is -2.13. The van der Waals surface area contributed by atoms with E-state index in [1.807, 2.05) is 13.8 Å². The zero-order valence-electron chi connectivity index (χ0n) is 7.00. The van der Waals surface area contributed by atoms with Gasteiger partial charge in [-0.1, -0.05) is 6.92 Å². The summed E-state index contributed by atoms with van der Waals surface area (Å²) in [5, 5.41) is 0. The molecule has 1 rings (SSSR count). The number of carbonyl (C=O) groups excluding carboxylic acids is 1. The number of carbonyl (C=O) groups is 1. The third-order valence-electron chi connectivity index (χ3n) is 1.86. The first-order valence-corrected chi connectivity index (χ1v) is 4.06. The molecule has 0 aromatic carbocycles. The van der Waals surface area contributed by atoms with Gasteiger partial charge >= 0.3 is 5.97 Å². The summed E-state index contributed by atoms with van der Waals surface area (Å²) in [6.07, 6.45) is 1.50. The number of rotatable bonds is 3. The molecule has 0 saturated carbocycles. The van der Waals surface area contributed by atoms with Crippen LogP contribution in [0.5, 0.6) is 0 Å². The Morgan fingerprint density at radius 2 is 2.55 bits per heavy atom. The highest BCUT2D eigenvalue weighted by molar-refractivity contribution is 5.76. The van der Waals surface area contributed by atoms with Crippen molar-refractivity contribution in [3.05, 3.63) is 0 Å². The van der Waals surface area contributed by atoms with Crippen molar-refractivity contribution in [1.82, 2.24) is 0 Å². The van der Waals surface area contributed by atoms with Gasteiger partial charge < -0.3 is 9.47 Å². The number of hydrogen-bond acceptors (Lipinski definition) is 3. The Labute approximate surface area is 66.7 Å². The van der Waals surface area contributed by atoms with Crippen LogP contribution < -0.4 is 0 Å². The monoisotopic (exact) mass is 158 g/mol. The lowest BCUT2D eigenvalue weighted by molar-refractivity contribution is -0.149. The third kappa shape index (κ3) is 2.19. The highest BCUT2D eigenvalue weighted by Crippen LogP contribution is 2.13. The molecule has 64 valence electrons. The van der Waals surface area contributed by atoms with E-state index in [-0.39, 0.29) is 18.2 Å². The Kier molecular flexibility index (Phi) is 2.88. The molecule has 2 atom stereocenters. The van der Waals surface area contributed by atoms with Crippen LogP contribution in [0.15, 0.2) is 0 Å². The number of ether oxygens (including phenoxy) is 2. The van der Waals surface area contributed by atoms with Crippen LogP contribution in [-0.4, -0.2) is 24.8 Å². The zero-order chi connectivity index (χ0) is 8.27. The van der Waals surface area contributed by atoms with Crippen LogP contribution in [0.2, 0.25) is 0 Å². The number of hydrogen-bond donors (Lipinski definition) is 0. The number of esters is 1. The first-order valence-electron chi connectivity index (χ1n) is 4.06. The van der Waals surface area contributed by atoms with Crippen molar-refractivity contribution in [2.24, 2.45) is 0 Å². The van der Waals surface area contributed by atoms with Gasteiger partial charge in [-0.2, -0.15) is 0 Å². The topological polar surface area (TPSA) is 35.5 Å². The van der Waals surface area contributed by atoms with E-state index in [1.54, 1.807) is 0 Å². The van der Waals surface area contributed by atoms with Crippen LogP contribution in [-0.2, 0) is 14.3 Å². The molecular formula is C8H14O3. The highest BCUT2D eigenvalue weighted by atomic mass is 16.6. The van der Waals surface area contributed by atoms with Crippen molar-refractivity contribution >= 4 is 5.97 Å². The summed E-state index contributed by atoms with van der Waals surface area (Å²) < 4.78 is 10.1. The molecular weight excluding hydrogens is 144 g/mol. The van der Waals surface area contributed by atoms with Gasteiger partial charge in [-0.15, -0.1) is 0 Å². The number of cyclic esters (lactones) is 1. The molecule has 1 aliphatic rings. The first kappa shape index (κ1) is 8.53. The molecule has 11 heavy (non-hydrogen) atoms. The SMILES string of the molecule is CCC(C)OC1CCOC1=O. The molecule has 0 amide bonds. The summed E-state index contributed by atoms with van der Waals surface area (Å²) in [5.74, 6) is -0.203. The van der Waals surface area contributed by atoms with Gasteiger partial charge in [-0.05, 0) is 13.3 Å². The van der Waals surface area contributed by atoms with Crippen molar-refractivity contribution in [2.45, 2.75) is 38.9 Å². The Morgan fingerprint density at radius 1 is 1.82 bits per heavy atom. The van der Waals surface area contributed by atoms with Crippen LogP contribution >= 0.6 is 0 Å². The fourth-order valence-corrected chi connectivity index (χ4v) is 0.978. The van der Waals surface area contributed by atoms with Crippen LogP contribution in [0.25, 0.3) is 0 Å². The summed E-state index contributed by atoms with van der Waals surface area (Å²) in [6, 6.07) is 0. The van der Waals surface area contributed by atoms with Crippen molar-refractivity contribution in [2.75, 3.05) is 6.61 Å². The zero-order valence-corrected chi connectivity index (χ0v) is 7.00. The van der Waals surface area contributed by atoms with E-state index in [2.05, 4.69) is 0 Å². The summed E-state index contributed by atoms with van der Waals surface area (Å²) in [6.45, 7) is 4.51. The molecule has 0 aromatic rings. The standard InChI is InChI=1S/C8H14O3/c1-3-6(2)11-7-4-5-10-8(7)9/h6-7H,3-5H2,1-2H3. The van der Waals surface area contributed by atoms with Crippen molar-refractivity contribution in [3.63, 3.8) is 0 Å². The Morgan fingerprint density at radius 3 is 3.00 bits per heavy atom. The van der Waals surface area contributed by atoms with Crippen molar-refractivity contribution < 1.29 is 14.3 Å². The van der Waals surface area contributed by atoms with Gasteiger partial charge in [0.2, 0.25) is 0 Å². The quantitative estimate of drug-likeness (QED) is 0.577. The molecule has 0 radical (unpaired) electrons. The molecule has 0 N–H and O–H groups in total. The molecule has 0 aliphatic carbocycles. The molecule has 1 fully saturated rings. The van der Waals surface area contributed by atoms with E-state index in [0.29, 0.717) is 13.0 Å². The second-order valence-electron chi connectivity index (χ2n) is 2.80. The molecule has 3 heteroatoms. The predicted molar refractivity (Wildman–Crippen MR) is 40.2 cm³/mol. The van der Waals surface area contributed by atoms with E-state index < -0.39 is 0 Å². The van der Waals surface area contributed by atoms with Gasteiger partial charge in [0.05, 0.1) is 12.7 Å². The molecule has 1 saturated heterocycles. The van der Waals surface area contributed by atoms with Gasteiger partial charge in [0.1, 0.15) is 0 Å². The summed E-state index contributed by atoms with van der Waals surface area (Å²) in [5.41, 5.74) is 0. The average molecular weight is 158 g/mol. The highest BCUT2D eigenvalue weighted by Gasteiger charge is 2.28. The molecule has 0 bridgehead atoms. The third-order valence-corrected chi connectivity index (χ3v) is 1.86. The molecule has 0 spiro atoms. The van der Waals surface area contributed by atoms with Gasteiger partial charge in [-0.25, -0.2) is 4.79 Å². The van der Waals surface area contributed by atoms with Gasteiger partial charge in [-0.3, -0.25) is 0 Å². The van der Waals surface area contributed by atoms with E-state index in [9.17, 15) is 4.79 Å². The van der Waals surface area contributed by atoms with Crippen LogP contribution in [0.4, 0.5) is 0 Å². The van der Waals surface area contributed by atoms with E-state index in [1.165, 1.54) is 0 Å². The van der Waals surface area contributed by atoms with Crippen LogP contribution in [0.1, 0.15) is 26.7 Å². The average Bonchev–Trinajstić information content (AvgIpc) is 2.37.